The molecule has 2 amide bonds. The van der Waals surface area contributed by atoms with E-state index < -0.39 is 23.4 Å². The molecule has 1 fully saturated rings. The normalized spacial score (nSPS) is 14.8. The van der Waals surface area contributed by atoms with Gasteiger partial charge in [-0.25, -0.2) is 13.9 Å². The molecule has 1 saturated heterocycles. The van der Waals surface area contributed by atoms with E-state index >= 15 is 4.39 Å². The third-order valence-electron chi connectivity index (χ3n) is 9.56. The Kier molecular flexibility index (Phi) is 8.72. The van der Waals surface area contributed by atoms with E-state index in [2.05, 4.69) is 5.32 Å². The van der Waals surface area contributed by atoms with Gasteiger partial charge in [0.25, 0.3) is 0 Å². The molecular weight excluding hydrogens is 631 g/mol. The summed E-state index contributed by atoms with van der Waals surface area (Å²) in [7, 11) is 0. The van der Waals surface area contributed by atoms with Crippen LogP contribution in [-0.2, 0) is 10.3 Å². The van der Waals surface area contributed by atoms with E-state index in [-0.39, 0.29) is 29.6 Å². The Labute approximate surface area is 288 Å². The van der Waals surface area contributed by atoms with Gasteiger partial charge in [-0.3, -0.25) is 9.59 Å². The van der Waals surface area contributed by atoms with Crippen molar-refractivity contribution in [1.82, 2.24) is 14.7 Å². The van der Waals surface area contributed by atoms with Crippen LogP contribution in [0.25, 0.3) is 22.0 Å². The van der Waals surface area contributed by atoms with Gasteiger partial charge in [0.05, 0.1) is 11.4 Å². The second-order valence-corrected chi connectivity index (χ2v) is 12.6. The lowest BCUT2D eigenvalue weighted by molar-refractivity contribution is -0.121. The predicted octanol–water partition coefficient (Wildman–Crippen LogP) is 8.21. The van der Waals surface area contributed by atoms with Gasteiger partial charge in [-0.2, -0.15) is 5.10 Å². The van der Waals surface area contributed by atoms with E-state index in [9.17, 15) is 19.5 Å². The number of fused-ring (bicyclic) bond motifs is 1. The molecule has 2 N–H and O–H groups in total. The Hall–Kier alpha value is -6.09. The Balaban J connectivity index is 1.49. The van der Waals surface area contributed by atoms with Gasteiger partial charge in [0, 0.05) is 29.6 Å². The van der Waals surface area contributed by atoms with Gasteiger partial charge >= 0.3 is 6.09 Å². The van der Waals surface area contributed by atoms with E-state index in [0.29, 0.717) is 41.4 Å². The minimum Gasteiger partial charge on any atom is -0.465 e. The van der Waals surface area contributed by atoms with Crippen LogP contribution in [0.15, 0.2) is 127 Å². The number of amides is 2. The molecule has 6 aromatic rings. The van der Waals surface area contributed by atoms with Crippen LogP contribution in [0.5, 0.6) is 0 Å². The summed E-state index contributed by atoms with van der Waals surface area (Å²) < 4.78 is 17.3. The Morgan fingerprint density at radius 3 is 1.98 bits per heavy atom. The number of aromatic nitrogens is 2. The highest BCUT2D eigenvalue weighted by molar-refractivity contribution is 6.03. The number of anilines is 1. The molecule has 9 heteroatoms. The molecule has 5 aromatic carbocycles. The number of ketones is 1. The number of halogens is 1. The van der Waals surface area contributed by atoms with Crippen molar-refractivity contribution < 1.29 is 23.9 Å². The highest BCUT2D eigenvalue weighted by Crippen LogP contribution is 2.44. The highest BCUT2D eigenvalue weighted by Gasteiger charge is 2.41. The SMILES string of the molecule is CC(=O)c1ccc(F)c(-c2ccc3c(c2)c(NC(=O)[C@@H]2CCCN(C(=O)O)C2)nn3C(c2ccccc2)(c2ccccc2)c2ccccc2)c1. The van der Waals surface area contributed by atoms with E-state index in [1.165, 1.54) is 30.0 Å². The largest absolute Gasteiger partial charge is 0.465 e. The minimum absolute atomic E-state index is 0.0795. The van der Waals surface area contributed by atoms with Gasteiger partial charge in [0.1, 0.15) is 11.4 Å². The minimum atomic E-state index is -1.06. The zero-order valence-electron chi connectivity index (χ0n) is 27.4. The number of hydrogen-bond acceptors (Lipinski definition) is 4. The van der Waals surface area contributed by atoms with Crippen molar-refractivity contribution in [3.63, 3.8) is 0 Å². The number of benzene rings is 5. The molecule has 0 radical (unpaired) electrons. The standard InChI is InChI=1S/C41H35FN4O4/c1-27(47)28-19-21-36(42)34(24-28)29-20-22-37-35(25-29)38(43-39(48)30-12-11-23-45(26-30)40(49)50)44-46(37)41(31-13-5-2-6-14-31,32-15-7-3-8-16-32)33-17-9-4-10-18-33/h2-10,13-22,24-25,30H,11-12,23,26H2,1H3,(H,49,50)(H,43,44,48)/t30-/m1/s1. The van der Waals surface area contributed by atoms with Crippen LogP contribution >= 0.6 is 0 Å². The van der Waals surface area contributed by atoms with Crippen molar-refractivity contribution >= 4 is 34.5 Å². The van der Waals surface area contributed by atoms with Gasteiger partial charge in [-0.15, -0.1) is 0 Å². The first kappa shape index (κ1) is 32.5. The summed E-state index contributed by atoms with van der Waals surface area (Å²) >= 11 is 0. The summed E-state index contributed by atoms with van der Waals surface area (Å²) in [6, 6.07) is 39.7. The quantitative estimate of drug-likeness (QED) is 0.126. The fourth-order valence-corrected chi connectivity index (χ4v) is 7.09. The number of carbonyl (C=O) groups excluding carboxylic acids is 2. The lowest BCUT2D eigenvalue weighted by Crippen LogP contribution is -2.43. The number of likely N-dealkylation sites (tertiary alicyclic amines) is 1. The third kappa shape index (κ3) is 5.81. The summed E-state index contributed by atoms with van der Waals surface area (Å²) in [5.41, 5.74) is 3.55. The monoisotopic (exact) mass is 666 g/mol. The molecule has 1 aromatic heterocycles. The number of nitrogens with zero attached hydrogens (tertiary/aromatic N) is 3. The summed E-state index contributed by atoms with van der Waals surface area (Å²) in [6.07, 6.45) is 0.0363. The van der Waals surface area contributed by atoms with Gasteiger partial charge in [0.15, 0.2) is 11.6 Å². The number of rotatable bonds is 8. The molecule has 50 heavy (non-hydrogen) atoms. The first-order valence-electron chi connectivity index (χ1n) is 16.6. The molecule has 0 bridgehead atoms. The number of carboxylic acid groups (broad SMARTS) is 1. The Bertz CT molecular complexity index is 2110. The van der Waals surface area contributed by atoms with Crippen molar-refractivity contribution in [3.8, 4) is 11.1 Å². The maximum absolute atomic E-state index is 15.4. The smallest absolute Gasteiger partial charge is 0.407 e. The fraction of sp³-hybridized carbons (Fsp3) is 0.171. The molecule has 1 atom stereocenters. The number of hydrogen-bond donors (Lipinski definition) is 2. The summed E-state index contributed by atoms with van der Waals surface area (Å²) in [4.78, 5) is 39.2. The molecule has 8 nitrogen and oxygen atoms in total. The van der Waals surface area contributed by atoms with E-state index in [1.807, 2.05) is 102 Å². The highest BCUT2D eigenvalue weighted by atomic mass is 19.1. The number of piperidine rings is 1. The van der Waals surface area contributed by atoms with Gasteiger partial charge in [-0.1, -0.05) is 97.1 Å². The second kappa shape index (κ2) is 13.4. The molecule has 1 aliphatic rings. The Morgan fingerprint density at radius 2 is 1.42 bits per heavy atom. The van der Waals surface area contributed by atoms with Gasteiger partial charge in [0.2, 0.25) is 5.91 Å². The molecular formula is C41H35FN4O4. The van der Waals surface area contributed by atoms with Crippen molar-refractivity contribution in [3.05, 3.63) is 155 Å². The average molecular weight is 667 g/mol. The number of Topliss-reactive ketones (excluding diaryl/α,β-unsaturated/α-hetero) is 1. The van der Waals surface area contributed by atoms with Crippen LogP contribution in [0.4, 0.5) is 15.0 Å². The van der Waals surface area contributed by atoms with Crippen LogP contribution < -0.4 is 5.32 Å². The molecule has 0 spiro atoms. The van der Waals surface area contributed by atoms with Crippen LogP contribution in [-0.4, -0.2) is 50.7 Å². The fourth-order valence-electron chi connectivity index (χ4n) is 7.09. The van der Waals surface area contributed by atoms with Crippen molar-refractivity contribution in [1.29, 1.82) is 0 Å². The topological polar surface area (TPSA) is 105 Å². The van der Waals surface area contributed by atoms with Crippen LogP contribution in [0.2, 0.25) is 0 Å². The number of nitrogens with one attached hydrogen (secondary N) is 1. The summed E-state index contributed by atoms with van der Waals surface area (Å²) in [5.74, 6) is -1.34. The molecule has 250 valence electrons. The first-order valence-corrected chi connectivity index (χ1v) is 16.6. The van der Waals surface area contributed by atoms with Gasteiger partial charge < -0.3 is 15.3 Å². The van der Waals surface area contributed by atoms with Crippen molar-refractivity contribution in [2.24, 2.45) is 5.92 Å². The lowest BCUT2D eigenvalue weighted by Gasteiger charge is -2.37. The van der Waals surface area contributed by atoms with E-state index in [4.69, 9.17) is 5.10 Å². The first-order chi connectivity index (χ1) is 24.3. The third-order valence-corrected chi connectivity index (χ3v) is 9.56. The number of carbonyl (C=O) groups is 3. The molecule has 7 rings (SSSR count). The van der Waals surface area contributed by atoms with Crippen LogP contribution in [0.1, 0.15) is 46.8 Å². The van der Waals surface area contributed by atoms with Gasteiger partial charge in [-0.05, 0) is 72.4 Å². The summed E-state index contributed by atoms with van der Waals surface area (Å²) in [5, 5.41) is 18.4. The van der Waals surface area contributed by atoms with Crippen LogP contribution in [0, 0.1) is 11.7 Å². The lowest BCUT2D eigenvalue weighted by atomic mass is 9.77. The molecule has 0 unspecified atom stereocenters. The zero-order chi connectivity index (χ0) is 34.8. The summed E-state index contributed by atoms with van der Waals surface area (Å²) in [6.45, 7) is 1.89. The average Bonchev–Trinajstić information content (AvgIpc) is 3.50. The van der Waals surface area contributed by atoms with E-state index in [0.717, 1.165) is 16.7 Å². The second-order valence-electron chi connectivity index (χ2n) is 12.6. The molecule has 0 aliphatic carbocycles. The van der Waals surface area contributed by atoms with Crippen molar-refractivity contribution in [2.75, 3.05) is 18.4 Å². The predicted molar refractivity (Wildman–Crippen MR) is 191 cm³/mol. The van der Waals surface area contributed by atoms with Crippen LogP contribution in [0.3, 0.4) is 0 Å². The Morgan fingerprint density at radius 1 is 0.820 bits per heavy atom. The maximum atomic E-state index is 15.4. The molecule has 1 aliphatic heterocycles. The zero-order valence-corrected chi connectivity index (χ0v) is 27.4. The van der Waals surface area contributed by atoms with Crippen molar-refractivity contribution in [2.45, 2.75) is 25.3 Å². The molecule has 0 saturated carbocycles. The van der Waals surface area contributed by atoms with E-state index in [1.54, 1.807) is 12.1 Å². The maximum Gasteiger partial charge on any atom is 0.407 e. The molecule has 2 heterocycles.